The molecule has 1 unspecified atom stereocenters. The van der Waals surface area contributed by atoms with Gasteiger partial charge in [0.1, 0.15) is 11.5 Å². The lowest BCUT2D eigenvalue weighted by molar-refractivity contribution is -0.137. The Morgan fingerprint density at radius 3 is 2.77 bits per heavy atom. The predicted molar refractivity (Wildman–Crippen MR) is 118 cm³/mol. The SMILES string of the molecule is CCc1ccc(N(C)c2ccccc2OC2(O)N=CNc3cnccc32)cc1OC. The van der Waals surface area contributed by atoms with E-state index in [4.69, 9.17) is 9.47 Å². The highest BCUT2D eigenvalue weighted by Gasteiger charge is 2.36. The maximum absolute atomic E-state index is 11.2. The minimum absolute atomic E-state index is 0.489. The number of fused-ring (bicyclic) bond motifs is 1. The van der Waals surface area contributed by atoms with E-state index in [1.807, 2.05) is 42.3 Å². The molecule has 0 amide bonds. The number of benzene rings is 2. The minimum atomic E-state index is -1.86. The van der Waals surface area contributed by atoms with Crippen LogP contribution in [0.25, 0.3) is 0 Å². The zero-order chi connectivity index (χ0) is 21.1. The molecule has 30 heavy (non-hydrogen) atoms. The van der Waals surface area contributed by atoms with Crippen LogP contribution in [0.4, 0.5) is 17.1 Å². The third-order valence-corrected chi connectivity index (χ3v) is 5.15. The summed E-state index contributed by atoms with van der Waals surface area (Å²) in [5, 5.41) is 14.1. The third-order valence-electron chi connectivity index (χ3n) is 5.15. The molecule has 0 radical (unpaired) electrons. The lowest BCUT2D eigenvalue weighted by Crippen LogP contribution is -2.35. The number of aryl methyl sites for hydroxylation is 1. The number of pyridine rings is 1. The highest BCUT2D eigenvalue weighted by Crippen LogP contribution is 2.40. The molecular formula is C23H24N4O3. The van der Waals surface area contributed by atoms with Crippen molar-refractivity contribution in [2.75, 3.05) is 24.4 Å². The molecule has 1 atom stereocenters. The number of methoxy groups -OCH3 is 1. The molecule has 154 valence electrons. The van der Waals surface area contributed by atoms with Gasteiger partial charge in [-0.3, -0.25) is 4.98 Å². The quantitative estimate of drug-likeness (QED) is 0.604. The van der Waals surface area contributed by atoms with Crippen LogP contribution in [0.1, 0.15) is 18.1 Å². The van der Waals surface area contributed by atoms with E-state index < -0.39 is 5.91 Å². The number of aromatic nitrogens is 1. The molecule has 1 aliphatic heterocycles. The number of rotatable bonds is 6. The fraction of sp³-hybridized carbons (Fsp3) is 0.217. The Morgan fingerprint density at radius 1 is 1.13 bits per heavy atom. The number of hydrogen-bond donors (Lipinski definition) is 2. The van der Waals surface area contributed by atoms with Gasteiger partial charge in [-0.25, -0.2) is 0 Å². The van der Waals surface area contributed by atoms with Crippen LogP contribution < -0.4 is 19.7 Å². The van der Waals surface area contributed by atoms with Crippen LogP contribution in [0.5, 0.6) is 11.5 Å². The molecule has 0 fully saturated rings. The number of ether oxygens (including phenoxy) is 2. The second-order valence-corrected chi connectivity index (χ2v) is 6.91. The van der Waals surface area contributed by atoms with Gasteiger partial charge < -0.3 is 24.8 Å². The van der Waals surface area contributed by atoms with E-state index in [0.717, 1.165) is 29.1 Å². The average molecular weight is 404 g/mol. The van der Waals surface area contributed by atoms with E-state index in [-0.39, 0.29) is 0 Å². The molecule has 4 rings (SSSR count). The topological polar surface area (TPSA) is 79.2 Å². The maximum atomic E-state index is 11.2. The van der Waals surface area contributed by atoms with Crippen molar-refractivity contribution in [3.05, 3.63) is 72.1 Å². The average Bonchev–Trinajstić information content (AvgIpc) is 2.78. The Labute approximate surface area is 175 Å². The van der Waals surface area contributed by atoms with Gasteiger partial charge in [-0.05, 0) is 36.2 Å². The van der Waals surface area contributed by atoms with Crippen molar-refractivity contribution in [3.63, 3.8) is 0 Å². The molecule has 1 aliphatic rings. The van der Waals surface area contributed by atoms with Crippen LogP contribution in [-0.4, -0.2) is 30.6 Å². The summed E-state index contributed by atoms with van der Waals surface area (Å²) >= 11 is 0. The van der Waals surface area contributed by atoms with Crippen LogP contribution in [0.3, 0.4) is 0 Å². The third kappa shape index (κ3) is 3.55. The number of para-hydroxylation sites is 2. The van der Waals surface area contributed by atoms with Gasteiger partial charge in [0.05, 0.1) is 36.6 Å². The Bertz CT molecular complexity index is 1090. The Balaban J connectivity index is 1.70. The van der Waals surface area contributed by atoms with Crippen LogP contribution >= 0.6 is 0 Å². The molecule has 7 nitrogen and oxygen atoms in total. The van der Waals surface area contributed by atoms with Gasteiger partial charge in [-0.2, -0.15) is 4.99 Å². The number of aliphatic imine (C=N–C) groups is 1. The lowest BCUT2D eigenvalue weighted by Gasteiger charge is -2.31. The van der Waals surface area contributed by atoms with Gasteiger partial charge in [0, 0.05) is 25.0 Å². The van der Waals surface area contributed by atoms with Gasteiger partial charge in [-0.1, -0.05) is 25.1 Å². The Morgan fingerprint density at radius 2 is 1.97 bits per heavy atom. The van der Waals surface area contributed by atoms with E-state index >= 15 is 0 Å². The summed E-state index contributed by atoms with van der Waals surface area (Å²) in [5.41, 5.74) is 3.99. The molecule has 7 heteroatoms. The normalized spacial score (nSPS) is 17.1. The van der Waals surface area contributed by atoms with E-state index in [0.29, 0.717) is 17.0 Å². The Kier molecular flexibility index (Phi) is 5.29. The van der Waals surface area contributed by atoms with Crippen molar-refractivity contribution in [1.82, 2.24) is 4.98 Å². The zero-order valence-corrected chi connectivity index (χ0v) is 17.2. The number of hydrogen-bond acceptors (Lipinski definition) is 7. The molecular weight excluding hydrogens is 380 g/mol. The van der Waals surface area contributed by atoms with E-state index in [1.165, 1.54) is 6.34 Å². The first kappa shape index (κ1) is 19.7. The Hall–Kier alpha value is -3.58. The molecule has 2 N–H and O–H groups in total. The smallest absolute Gasteiger partial charge is 0.342 e. The molecule has 3 aromatic rings. The second-order valence-electron chi connectivity index (χ2n) is 6.91. The number of nitrogens with zero attached hydrogens (tertiary/aromatic N) is 3. The van der Waals surface area contributed by atoms with Crippen molar-refractivity contribution in [2.45, 2.75) is 19.3 Å². The standard InChI is InChI=1S/C23H24N4O3/c1-4-16-9-10-17(13-22(16)29-3)27(2)20-7-5-6-8-21(20)30-23(28)18-11-12-24-14-19(18)25-15-26-23/h5-15,28H,4H2,1-3H3,(H,25,26). The maximum Gasteiger partial charge on any atom is 0.342 e. The van der Waals surface area contributed by atoms with Crippen LogP contribution in [0.2, 0.25) is 0 Å². The molecule has 2 aromatic carbocycles. The van der Waals surface area contributed by atoms with E-state index in [1.54, 1.807) is 31.6 Å². The van der Waals surface area contributed by atoms with Gasteiger partial charge in [0.15, 0.2) is 0 Å². The van der Waals surface area contributed by atoms with E-state index in [9.17, 15) is 5.11 Å². The van der Waals surface area contributed by atoms with Crippen molar-refractivity contribution in [3.8, 4) is 11.5 Å². The summed E-state index contributed by atoms with van der Waals surface area (Å²) in [6.45, 7) is 2.10. The van der Waals surface area contributed by atoms with Gasteiger partial charge in [0.25, 0.3) is 0 Å². The van der Waals surface area contributed by atoms with Gasteiger partial charge in [-0.15, -0.1) is 0 Å². The minimum Gasteiger partial charge on any atom is -0.496 e. The molecule has 0 saturated heterocycles. The molecule has 0 aliphatic carbocycles. The highest BCUT2D eigenvalue weighted by atomic mass is 16.6. The first-order valence-corrected chi connectivity index (χ1v) is 9.71. The zero-order valence-electron chi connectivity index (χ0n) is 17.2. The predicted octanol–water partition coefficient (Wildman–Crippen LogP) is 4.06. The fourth-order valence-electron chi connectivity index (χ4n) is 3.48. The molecule has 0 saturated carbocycles. The number of anilines is 3. The van der Waals surface area contributed by atoms with Gasteiger partial charge in [0.2, 0.25) is 0 Å². The first-order chi connectivity index (χ1) is 14.6. The summed E-state index contributed by atoms with van der Waals surface area (Å²) in [6, 6.07) is 15.3. The fourth-order valence-corrected chi connectivity index (χ4v) is 3.48. The van der Waals surface area contributed by atoms with Crippen molar-refractivity contribution in [2.24, 2.45) is 4.99 Å². The van der Waals surface area contributed by atoms with Crippen LogP contribution in [0, 0.1) is 0 Å². The van der Waals surface area contributed by atoms with Gasteiger partial charge >= 0.3 is 5.91 Å². The molecule has 2 heterocycles. The summed E-state index contributed by atoms with van der Waals surface area (Å²) in [6.07, 6.45) is 5.51. The summed E-state index contributed by atoms with van der Waals surface area (Å²) in [5.74, 6) is -0.532. The second kappa shape index (κ2) is 8.04. The van der Waals surface area contributed by atoms with Crippen LogP contribution in [-0.2, 0) is 12.3 Å². The molecule has 0 bridgehead atoms. The lowest BCUT2D eigenvalue weighted by atomic mass is 10.1. The van der Waals surface area contributed by atoms with Crippen LogP contribution in [0.15, 0.2) is 65.9 Å². The largest absolute Gasteiger partial charge is 0.496 e. The summed E-state index contributed by atoms with van der Waals surface area (Å²) in [4.78, 5) is 10.2. The van der Waals surface area contributed by atoms with Crippen molar-refractivity contribution >= 4 is 23.4 Å². The number of aliphatic hydroxyl groups is 1. The van der Waals surface area contributed by atoms with E-state index in [2.05, 4.69) is 28.3 Å². The summed E-state index contributed by atoms with van der Waals surface area (Å²) in [7, 11) is 3.61. The van der Waals surface area contributed by atoms with Crippen molar-refractivity contribution in [1.29, 1.82) is 0 Å². The summed E-state index contributed by atoms with van der Waals surface area (Å²) < 4.78 is 11.6. The highest BCUT2D eigenvalue weighted by molar-refractivity contribution is 5.80. The monoisotopic (exact) mass is 404 g/mol. The number of nitrogens with one attached hydrogen (secondary N) is 1. The molecule has 1 aromatic heterocycles. The van der Waals surface area contributed by atoms with Crippen molar-refractivity contribution < 1.29 is 14.6 Å². The molecule has 0 spiro atoms. The first-order valence-electron chi connectivity index (χ1n) is 9.71.